The molecule has 2 atom stereocenters. The van der Waals surface area contributed by atoms with Crippen LogP contribution in [0, 0.1) is 0 Å². The number of amides is 1. The molecule has 21 heavy (non-hydrogen) atoms. The Labute approximate surface area is 124 Å². The average Bonchev–Trinajstić information content (AvgIpc) is 2.99. The van der Waals surface area contributed by atoms with Crippen molar-refractivity contribution in [3.63, 3.8) is 0 Å². The van der Waals surface area contributed by atoms with Gasteiger partial charge in [0.05, 0.1) is 24.1 Å². The number of benzene rings is 1. The SMILES string of the molecule is CCC(NC(=O)Cc1cccc(C(=O)O)c1)C1CCCO1. The van der Waals surface area contributed by atoms with Crippen LogP contribution in [0.4, 0.5) is 0 Å². The molecule has 1 aromatic carbocycles. The van der Waals surface area contributed by atoms with Crippen LogP contribution in [0.3, 0.4) is 0 Å². The third kappa shape index (κ3) is 4.29. The van der Waals surface area contributed by atoms with Gasteiger partial charge in [-0.05, 0) is 37.0 Å². The van der Waals surface area contributed by atoms with E-state index in [9.17, 15) is 9.59 Å². The highest BCUT2D eigenvalue weighted by atomic mass is 16.5. The molecular formula is C16H21NO4. The standard InChI is InChI=1S/C16H21NO4/c1-2-13(14-7-4-8-21-14)17-15(18)10-11-5-3-6-12(9-11)16(19)20/h3,5-6,9,13-14H,2,4,7-8,10H2,1H3,(H,17,18)(H,19,20). The van der Waals surface area contributed by atoms with E-state index in [1.807, 2.05) is 6.92 Å². The Kier molecular flexibility index (Phi) is 5.33. The third-order valence-electron chi connectivity index (χ3n) is 3.74. The zero-order chi connectivity index (χ0) is 15.2. The van der Waals surface area contributed by atoms with Crippen molar-refractivity contribution in [1.29, 1.82) is 0 Å². The molecule has 0 aromatic heterocycles. The number of carbonyl (C=O) groups is 2. The molecule has 2 N–H and O–H groups in total. The van der Waals surface area contributed by atoms with E-state index in [1.54, 1.807) is 12.1 Å². The quantitative estimate of drug-likeness (QED) is 0.840. The number of ether oxygens (including phenoxy) is 1. The smallest absolute Gasteiger partial charge is 0.335 e. The van der Waals surface area contributed by atoms with E-state index in [2.05, 4.69) is 5.32 Å². The third-order valence-corrected chi connectivity index (χ3v) is 3.74. The lowest BCUT2D eigenvalue weighted by molar-refractivity contribution is -0.122. The monoisotopic (exact) mass is 291 g/mol. The maximum atomic E-state index is 12.1. The Balaban J connectivity index is 1.94. The van der Waals surface area contributed by atoms with Crippen LogP contribution in [0.1, 0.15) is 42.1 Å². The predicted molar refractivity (Wildman–Crippen MR) is 78.3 cm³/mol. The van der Waals surface area contributed by atoms with Crippen LogP contribution in [0.25, 0.3) is 0 Å². The van der Waals surface area contributed by atoms with Gasteiger partial charge in [-0.2, -0.15) is 0 Å². The van der Waals surface area contributed by atoms with Crippen molar-refractivity contribution in [3.05, 3.63) is 35.4 Å². The summed E-state index contributed by atoms with van der Waals surface area (Å²) >= 11 is 0. The number of nitrogens with one attached hydrogen (secondary N) is 1. The van der Waals surface area contributed by atoms with E-state index < -0.39 is 5.97 Å². The molecular weight excluding hydrogens is 270 g/mol. The molecule has 5 heteroatoms. The van der Waals surface area contributed by atoms with Crippen molar-refractivity contribution in [2.75, 3.05) is 6.61 Å². The Morgan fingerprint density at radius 2 is 2.29 bits per heavy atom. The molecule has 1 fully saturated rings. The molecule has 2 rings (SSSR count). The van der Waals surface area contributed by atoms with Crippen LogP contribution >= 0.6 is 0 Å². The fourth-order valence-corrected chi connectivity index (χ4v) is 2.64. The highest BCUT2D eigenvalue weighted by Crippen LogP contribution is 2.17. The molecule has 2 unspecified atom stereocenters. The first-order valence-corrected chi connectivity index (χ1v) is 7.33. The summed E-state index contributed by atoms with van der Waals surface area (Å²) in [4.78, 5) is 23.0. The van der Waals surface area contributed by atoms with Gasteiger partial charge in [0.2, 0.25) is 5.91 Å². The molecule has 0 radical (unpaired) electrons. The van der Waals surface area contributed by atoms with Gasteiger partial charge < -0.3 is 15.2 Å². The van der Waals surface area contributed by atoms with Crippen LogP contribution in [-0.2, 0) is 16.0 Å². The molecule has 5 nitrogen and oxygen atoms in total. The Morgan fingerprint density at radius 1 is 1.48 bits per heavy atom. The summed E-state index contributed by atoms with van der Waals surface area (Å²) in [6.45, 7) is 2.79. The van der Waals surface area contributed by atoms with E-state index in [1.165, 1.54) is 12.1 Å². The Morgan fingerprint density at radius 3 is 2.90 bits per heavy atom. The summed E-state index contributed by atoms with van der Waals surface area (Å²) in [7, 11) is 0. The normalized spacial score (nSPS) is 19.2. The number of hydrogen-bond acceptors (Lipinski definition) is 3. The lowest BCUT2D eigenvalue weighted by atomic mass is 10.0. The fraction of sp³-hybridized carbons (Fsp3) is 0.500. The first-order valence-electron chi connectivity index (χ1n) is 7.33. The second-order valence-corrected chi connectivity index (χ2v) is 5.32. The fourth-order valence-electron chi connectivity index (χ4n) is 2.64. The van der Waals surface area contributed by atoms with Crippen LogP contribution in [0.5, 0.6) is 0 Å². The van der Waals surface area contributed by atoms with E-state index >= 15 is 0 Å². The topological polar surface area (TPSA) is 75.6 Å². The van der Waals surface area contributed by atoms with Crippen molar-refractivity contribution in [3.8, 4) is 0 Å². The van der Waals surface area contributed by atoms with Gasteiger partial charge in [-0.25, -0.2) is 4.79 Å². The number of carbonyl (C=O) groups excluding carboxylic acids is 1. The zero-order valence-corrected chi connectivity index (χ0v) is 12.2. The molecule has 0 bridgehead atoms. The van der Waals surface area contributed by atoms with Gasteiger partial charge in [0.1, 0.15) is 0 Å². The molecule has 1 aliphatic rings. The Hall–Kier alpha value is -1.88. The lowest BCUT2D eigenvalue weighted by Gasteiger charge is -2.22. The molecule has 1 heterocycles. The molecule has 0 aliphatic carbocycles. The first kappa shape index (κ1) is 15.5. The van der Waals surface area contributed by atoms with Crippen LogP contribution in [0.2, 0.25) is 0 Å². The molecule has 0 spiro atoms. The van der Waals surface area contributed by atoms with Crippen molar-refractivity contribution >= 4 is 11.9 Å². The molecule has 1 saturated heterocycles. The second kappa shape index (κ2) is 7.22. The van der Waals surface area contributed by atoms with Gasteiger partial charge in [-0.15, -0.1) is 0 Å². The largest absolute Gasteiger partial charge is 0.478 e. The zero-order valence-electron chi connectivity index (χ0n) is 12.2. The van der Waals surface area contributed by atoms with Gasteiger partial charge in [-0.3, -0.25) is 4.79 Å². The van der Waals surface area contributed by atoms with Gasteiger partial charge >= 0.3 is 5.97 Å². The molecule has 114 valence electrons. The summed E-state index contributed by atoms with van der Waals surface area (Å²) < 4.78 is 5.62. The van der Waals surface area contributed by atoms with Crippen molar-refractivity contribution in [2.24, 2.45) is 0 Å². The maximum Gasteiger partial charge on any atom is 0.335 e. The van der Waals surface area contributed by atoms with Crippen LogP contribution < -0.4 is 5.32 Å². The minimum atomic E-state index is -0.983. The minimum Gasteiger partial charge on any atom is -0.478 e. The second-order valence-electron chi connectivity index (χ2n) is 5.32. The summed E-state index contributed by atoms with van der Waals surface area (Å²) in [6, 6.07) is 6.50. The number of carboxylic acid groups (broad SMARTS) is 1. The van der Waals surface area contributed by atoms with Crippen LogP contribution in [0.15, 0.2) is 24.3 Å². The summed E-state index contributed by atoms with van der Waals surface area (Å²) in [5.41, 5.74) is 0.904. The number of aromatic carboxylic acids is 1. The summed E-state index contributed by atoms with van der Waals surface area (Å²) in [6.07, 6.45) is 3.13. The van der Waals surface area contributed by atoms with Gasteiger partial charge in [0.25, 0.3) is 0 Å². The van der Waals surface area contributed by atoms with Crippen molar-refractivity contribution < 1.29 is 19.4 Å². The lowest BCUT2D eigenvalue weighted by Crippen LogP contribution is -2.43. The molecule has 1 amide bonds. The maximum absolute atomic E-state index is 12.1. The number of hydrogen-bond donors (Lipinski definition) is 2. The number of rotatable bonds is 6. The molecule has 1 aliphatic heterocycles. The van der Waals surface area contributed by atoms with Gasteiger partial charge in [0.15, 0.2) is 0 Å². The van der Waals surface area contributed by atoms with Crippen LogP contribution in [-0.4, -0.2) is 35.7 Å². The van der Waals surface area contributed by atoms with E-state index in [4.69, 9.17) is 9.84 Å². The van der Waals surface area contributed by atoms with Gasteiger partial charge in [-0.1, -0.05) is 19.1 Å². The summed E-state index contributed by atoms with van der Waals surface area (Å²) in [5.74, 6) is -1.08. The van der Waals surface area contributed by atoms with Crippen molar-refractivity contribution in [1.82, 2.24) is 5.32 Å². The highest BCUT2D eigenvalue weighted by Gasteiger charge is 2.25. The minimum absolute atomic E-state index is 0.0302. The number of carboxylic acids is 1. The van der Waals surface area contributed by atoms with E-state index in [0.29, 0.717) is 5.56 Å². The highest BCUT2D eigenvalue weighted by molar-refractivity contribution is 5.88. The van der Waals surface area contributed by atoms with Gasteiger partial charge in [0, 0.05) is 6.61 Å². The average molecular weight is 291 g/mol. The Bertz CT molecular complexity index is 509. The molecule has 0 saturated carbocycles. The van der Waals surface area contributed by atoms with E-state index in [0.717, 1.165) is 25.9 Å². The van der Waals surface area contributed by atoms with E-state index in [-0.39, 0.29) is 30.0 Å². The van der Waals surface area contributed by atoms with Crippen molar-refractivity contribution in [2.45, 2.75) is 44.8 Å². The summed E-state index contributed by atoms with van der Waals surface area (Å²) in [5, 5.41) is 11.9. The predicted octanol–water partition coefficient (Wildman–Crippen LogP) is 2.00. The first-order chi connectivity index (χ1) is 10.1. The molecule has 1 aromatic rings.